The van der Waals surface area contributed by atoms with Crippen LogP contribution < -0.4 is 10.6 Å². The van der Waals surface area contributed by atoms with Crippen LogP contribution in [0.4, 0.5) is 4.79 Å². The Labute approximate surface area is 92.8 Å². The number of hydrogen-bond donors (Lipinski definition) is 5. The van der Waals surface area contributed by atoms with E-state index in [9.17, 15) is 14.7 Å². The third-order valence-electron chi connectivity index (χ3n) is 1.91. The van der Waals surface area contributed by atoms with Crippen LogP contribution in [0.15, 0.2) is 11.5 Å². The summed E-state index contributed by atoms with van der Waals surface area (Å²) in [6, 6.07) is -0.153. The maximum Gasteiger partial charge on any atom is 0.409 e. The lowest BCUT2D eigenvalue weighted by molar-refractivity contribution is -0.120. The summed E-state index contributed by atoms with van der Waals surface area (Å²) in [7, 11) is 0. The minimum absolute atomic E-state index is 0.153. The van der Waals surface area contributed by atoms with Gasteiger partial charge in [0.25, 0.3) is 5.91 Å². The Morgan fingerprint density at radius 2 is 1.88 bits per heavy atom. The monoisotopic (exact) mass is 232 g/mol. The van der Waals surface area contributed by atoms with Crippen LogP contribution in [0.3, 0.4) is 0 Å². The van der Waals surface area contributed by atoms with Gasteiger partial charge in [-0.05, 0) is 13.3 Å². The van der Waals surface area contributed by atoms with Gasteiger partial charge in [0.15, 0.2) is 0 Å². The number of carbonyl (C=O) groups excluding carboxylic acids is 1. The van der Waals surface area contributed by atoms with Crippen molar-refractivity contribution in [1.82, 2.24) is 10.6 Å². The largest absolute Gasteiger partial charge is 0.502 e. The average Bonchev–Trinajstić information content (AvgIpc) is 2.24. The van der Waals surface area contributed by atoms with Crippen molar-refractivity contribution in [2.24, 2.45) is 0 Å². The topological polar surface area (TPSA) is 119 Å². The third-order valence-corrected chi connectivity index (χ3v) is 1.91. The molecule has 1 unspecified atom stereocenters. The van der Waals surface area contributed by atoms with Gasteiger partial charge in [0.2, 0.25) is 5.76 Å². The summed E-state index contributed by atoms with van der Waals surface area (Å²) in [4.78, 5) is 21.6. The zero-order valence-electron chi connectivity index (χ0n) is 9.15. The lowest BCUT2D eigenvalue weighted by atomic mass is 10.2. The van der Waals surface area contributed by atoms with Gasteiger partial charge in [-0.2, -0.15) is 0 Å². The van der Waals surface area contributed by atoms with Gasteiger partial charge in [-0.1, -0.05) is 6.92 Å². The van der Waals surface area contributed by atoms with E-state index in [1.54, 1.807) is 12.2 Å². The first-order valence-electron chi connectivity index (χ1n) is 4.76. The first-order chi connectivity index (χ1) is 7.42. The molecule has 0 aliphatic carbocycles. The molecule has 0 saturated heterocycles. The van der Waals surface area contributed by atoms with E-state index in [0.717, 1.165) is 0 Å². The number of carbonyl (C=O) groups is 2. The highest BCUT2D eigenvalue weighted by atomic mass is 16.4. The van der Waals surface area contributed by atoms with Crippen molar-refractivity contribution in [2.45, 2.75) is 26.3 Å². The zero-order valence-corrected chi connectivity index (χ0v) is 9.15. The molecule has 0 saturated carbocycles. The molecule has 0 aliphatic rings. The predicted molar refractivity (Wildman–Crippen MR) is 55.8 cm³/mol. The molecular weight excluding hydrogens is 216 g/mol. The molecule has 0 bridgehead atoms. The van der Waals surface area contributed by atoms with Crippen LogP contribution in [-0.4, -0.2) is 40.0 Å². The molecule has 0 spiro atoms. The molecular formula is C9H16N2O5. The van der Waals surface area contributed by atoms with Crippen molar-refractivity contribution < 1.29 is 24.9 Å². The molecule has 2 amide bonds. The van der Waals surface area contributed by atoms with Crippen LogP contribution in [0.25, 0.3) is 0 Å². The Morgan fingerprint density at radius 1 is 1.31 bits per heavy atom. The summed E-state index contributed by atoms with van der Waals surface area (Å²) >= 11 is 0. The Balaban J connectivity index is 4.68. The molecule has 7 heteroatoms. The predicted octanol–water partition coefficient (Wildman–Crippen LogP) is -0.0694. The number of aliphatic hydroxyl groups excluding tert-OH is 2. The third kappa shape index (κ3) is 4.65. The Morgan fingerprint density at radius 3 is 2.25 bits per heavy atom. The highest BCUT2D eigenvalue weighted by Gasteiger charge is 2.16. The highest BCUT2D eigenvalue weighted by molar-refractivity contribution is 5.92. The van der Waals surface area contributed by atoms with Gasteiger partial charge in [-0.3, -0.25) is 10.1 Å². The Kier molecular flexibility index (Phi) is 5.94. The summed E-state index contributed by atoms with van der Waals surface area (Å²) < 4.78 is 0. The van der Waals surface area contributed by atoms with Gasteiger partial charge in [0.05, 0.1) is 12.3 Å². The van der Waals surface area contributed by atoms with Crippen LogP contribution in [0, 0.1) is 0 Å². The Bertz CT molecular complexity index is 300. The fraction of sp³-hybridized carbons (Fsp3) is 0.556. The van der Waals surface area contributed by atoms with Crippen LogP contribution in [0.1, 0.15) is 20.3 Å². The molecule has 0 aromatic carbocycles. The van der Waals surface area contributed by atoms with E-state index >= 15 is 0 Å². The summed E-state index contributed by atoms with van der Waals surface area (Å²) in [5.74, 6) is -1.66. The summed E-state index contributed by atoms with van der Waals surface area (Å²) in [6.45, 7) is 2.80. The van der Waals surface area contributed by atoms with Crippen molar-refractivity contribution in [3.8, 4) is 0 Å². The van der Waals surface area contributed by atoms with E-state index in [0.29, 0.717) is 6.42 Å². The zero-order chi connectivity index (χ0) is 12.7. The number of nitrogens with one attached hydrogen (secondary N) is 2. The normalized spacial score (nSPS) is 13.7. The number of amides is 2. The fourth-order valence-electron chi connectivity index (χ4n) is 0.834. The fourth-order valence-corrected chi connectivity index (χ4v) is 0.834. The van der Waals surface area contributed by atoms with E-state index in [-0.39, 0.29) is 6.04 Å². The number of aliphatic hydroxyl groups is 2. The maximum atomic E-state index is 11.3. The van der Waals surface area contributed by atoms with E-state index < -0.39 is 30.1 Å². The highest BCUT2D eigenvalue weighted by Crippen LogP contribution is 1.99. The average molecular weight is 232 g/mol. The van der Waals surface area contributed by atoms with Gasteiger partial charge in [0, 0.05) is 6.04 Å². The molecule has 0 heterocycles. The van der Waals surface area contributed by atoms with Gasteiger partial charge >= 0.3 is 6.09 Å². The van der Waals surface area contributed by atoms with E-state index in [1.807, 2.05) is 6.92 Å². The van der Waals surface area contributed by atoms with Gasteiger partial charge in [0.1, 0.15) is 0 Å². The number of rotatable bonds is 5. The second-order valence-electron chi connectivity index (χ2n) is 3.20. The minimum Gasteiger partial charge on any atom is -0.502 e. The molecule has 0 radical (unpaired) electrons. The number of carboxylic acid groups (broad SMARTS) is 1. The van der Waals surface area contributed by atoms with Gasteiger partial charge in [-0.15, -0.1) is 0 Å². The minimum atomic E-state index is -1.47. The van der Waals surface area contributed by atoms with Crippen molar-refractivity contribution in [3.05, 3.63) is 11.5 Å². The second-order valence-corrected chi connectivity index (χ2v) is 3.20. The molecule has 5 N–H and O–H groups in total. The van der Waals surface area contributed by atoms with Crippen molar-refractivity contribution in [3.63, 3.8) is 0 Å². The van der Waals surface area contributed by atoms with Crippen LogP contribution in [0.5, 0.6) is 0 Å². The van der Waals surface area contributed by atoms with Crippen molar-refractivity contribution in [1.29, 1.82) is 0 Å². The first-order valence-corrected chi connectivity index (χ1v) is 4.76. The smallest absolute Gasteiger partial charge is 0.409 e. The summed E-state index contributed by atoms with van der Waals surface area (Å²) in [5.41, 5.74) is -0.451. The SMILES string of the molecule is CCC(C)NC(=O)/C(O)=C(/CO)NC(=O)O. The molecule has 0 aliphatic heterocycles. The van der Waals surface area contributed by atoms with Crippen LogP contribution >= 0.6 is 0 Å². The van der Waals surface area contributed by atoms with Gasteiger partial charge < -0.3 is 20.6 Å². The first kappa shape index (κ1) is 14.2. The maximum absolute atomic E-state index is 11.3. The quantitative estimate of drug-likeness (QED) is 0.336. The molecule has 1 atom stereocenters. The van der Waals surface area contributed by atoms with Crippen molar-refractivity contribution in [2.75, 3.05) is 6.61 Å². The lowest BCUT2D eigenvalue weighted by Gasteiger charge is -2.12. The second kappa shape index (κ2) is 6.67. The molecule has 7 nitrogen and oxygen atoms in total. The van der Waals surface area contributed by atoms with E-state index in [2.05, 4.69) is 5.32 Å². The molecule has 92 valence electrons. The number of hydrogen-bond acceptors (Lipinski definition) is 4. The summed E-state index contributed by atoms with van der Waals surface area (Å²) in [5, 5.41) is 30.7. The standard InChI is InChI=1S/C9H16N2O5/c1-3-5(2)10-8(14)7(13)6(4-12)11-9(15)16/h5,11-13H,3-4H2,1-2H3,(H,10,14)(H,15,16)/b7-6+. The van der Waals surface area contributed by atoms with E-state index in [1.165, 1.54) is 0 Å². The van der Waals surface area contributed by atoms with Crippen LogP contribution in [-0.2, 0) is 4.79 Å². The molecule has 0 rings (SSSR count). The summed E-state index contributed by atoms with van der Waals surface area (Å²) in [6.07, 6.45) is -0.799. The molecule has 0 aromatic heterocycles. The van der Waals surface area contributed by atoms with Crippen LogP contribution in [0.2, 0.25) is 0 Å². The molecule has 16 heavy (non-hydrogen) atoms. The van der Waals surface area contributed by atoms with Crippen molar-refractivity contribution >= 4 is 12.0 Å². The lowest BCUT2D eigenvalue weighted by Crippen LogP contribution is -2.36. The Hall–Kier alpha value is -1.76. The molecule has 0 aromatic rings. The van der Waals surface area contributed by atoms with E-state index in [4.69, 9.17) is 10.2 Å². The van der Waals surface area contributed by atoms with Gasteiger partial charge in [-0.25, -0.2) is 4.79 Å². The molecule has 0 fully saturated rings.